The van der Waals surface area contributed by atoms with Crippen LogP contribution in [0.25, 0.3) is 0 Å². The van der Waals surface area contributed by atoms with Crippen molar-refractivity contribution in [2.75, 3.05) is 12.4 Å². The molecule has 6 heteroatoms. The van der Waals surface area contributed by atoms with Gasteiger partial charge in [0.1, 0.15) is 6.04 Å². The zero-order chi connectivity index (χ0) is 16.7. The van der Waals surface area contributed by atoms with Crippen LogP contribution in [0.15, 0.2) is 59.1 Å². The molecule has 2 aromatic carbocycles. The molecule has 0 aliphatic heterocycles. The second-order valence-corrected chi connectivity index (χ2v) is 5.79. The number of hydrogen-bond acceptors (Lipinski definition) is 3. The van der Waals surface area contributed by atoms with Crippen molar-refractivity contribution in [3.63, 3.8) is 0 Å². The van der Waals surface area contributed by atoms with Crippen LogP contribution in [0.1, 0.15) is 5.56 Å². The van der Waals surface area contributed by atoms with Crippen molar-refractivity contribution in [2.24, 2.45) is 0 Å². The van der Waals surface area contributed by atoms with Crippen LogP contribution >= 0.6 is 15.9 Å². The third-order valence-electron chi connectivity index (χ3n) is 3.16. The van der Waals surface area contributed by atoms with Crippen molar-refractivity contribution in [1.29, 1.82) is 0 Å². The number of urea groups is 1. The average Bonchev–Trinajstić information content (AvgIpc) is 2.54. The van der Waals surface area contributed by atoms with E-state index in [1.165, 1.54) is 7.11 Å². The molecule has 2 amide bonds. The van der Waals surface area contributed by atoms with Gasteiger partial charge >= 0.3 is 12.0 Å². The number of hydrogen-bond donors (Lipinski definition) is 2. The fraction of sp³-hybridized carbons (Fsp3) is 0.176. The van der Waals surface area contributed by atoms with Crippen molar-refractivity contribution >= 4 is 33.6 Å². The Balaban J connectivity index is 2.02. The maximum atomic E-state index is 12.1. The predicted octanol–water partition coefficient (Wildman–Crippen LogP) is 3.35. The summed E-state index contributed by atoms with van der Waals surface area (Å²) in [4.78, 5) is 24.0. The maximum Gasteiger partial charge on any atom is 0.328 e. The smallest absolute Gasteiger partial charge is 0.328 e. The molecule has 23 heavy (non-hydrogen) atoms. The zero-order valence-electron chi connectivity index (χ0n) is 12.6. The highest BCUT2D eigenvalue weighted by Crippen LogP contribution is 2.15. The second kappa shape index (κ2) is 8.33. The van der Waals surface area contributed by atoms with E-state index in [9.17, 15) is 9.59 Å². The van der Waals surface area contributed by atoms with Crippen LogP contribution in [0.3, 0.4) is 0 Å². The summed E-state index contributed by atoms with van der Waals surface area (Å²) in [5, 5.41) is 5.33. The van der Waals surface area contributed by atoms with Gasteiger partial charge in [0.25, 0.3) is 0 Å². The molecule has 0 saturated heterocycles. The highest BCUT2D eigenvalue weighted by molar-refractivity contribution is 9.10. The molecule has 0 bridgehead atoms. The van der Waals surface area contributed by atoms with Crippen molar-refractivity contribution in [1.82, 2.24) is 5.32 Å². The average molecular weight is 377 g/mol. The SMILES string of the molecule is COC(=O)C(Cc1ccccc1)NC(=O)Nc1cccc(Br)c1. The van der Waals surface area contributed by atoms with Gasteiger partial charge in [-0.3, -0.25) is 0 Å². The van der Waals surface area contributed by atoms with Crippen LogP contribution in [0.5, 0.6) is 0 Å². The van der Waals surface area contributed by atoms with Crippen LogP contribution in [0.2, 0.25) is 0 Å². The molecule has 1 unspecified atom stereocenters. The van der Waals surface area contributed by atoms with Crippen LogP contribution in [0, 0.1) is 0 Å². The number of esters is 1. The number of amides is 2. The molecular weight excluding hydrogens is 360 g/mol. The topological polar surface area (TPSA) is 67.4 Å². The third kappa shape index (κ3) is 5.41. The fourth-order valence-corrected chi connectivity index (χ4v) is 2.48. The van der Waals surface area contributed by atoms with E-state index in [0.717, 1.165) is 10.0 Å². The predicted molar refractivity (Wildman–Crippen MR) is 92.2 cm³/mol. The van der Waals surface area contributed by atoms with Crippen molar-refractivity contribution in [3.8, 4) is 0 Å². The van der Waals surface area contributed by atoms with E-state index in [0.29, 0.717) is 12.1 Å². The minimum atomic E-state index is -0.755. The molecule has 0 aliphatic carbocycles. The van der Waals surface area contributed by atoms with Gasteiger partial charge in [-0.2, -0.15) is 0 Å². The molecule has 0 fully saturated rings. The molecule has 0 saturated carbocycles. The summed E-state index contributed by atoms with van der Waals surface area (Å²) in [6, 6.07) is 15.4. The lowest BCUT2D eigenvalue weighted by Gasteiger charge is -2.17. The first-order valence-corrected chi connectivity index (χ1v) is 7.82. The van der Waals surface area contributed by atoms with Crippen LogP contribution in [0.4, 0.5) is 10.5 Å². The molecule has 0 radical (unpaired) electrons. The molecule has 2 N–H and O–H groups in total. The van der Waals surface area contributed by atoms with Crippen LogP contribution < -0.4 is 10.6 Å². The second-order valence-electron chi connectivity index (χ2n) is 4.87. The molecule has 0 aliphatic rings. The van der Waals surface area contributed by atoms with E-state index in [2.05, 4.69) is 26.6 Å². The number of anilines is 1. The first-order valence-electron chi connectivity index (χ1n) is 7.03. The Morgan fingerprint density at radius 3 is 2.52 bits per heavy atom. The van der Waals surface area contributed by atoms with Gasteiger partial charge in [0, 0.05) is 16.6 Å². The minimum absolute atomic E-state index is 0.361. The first kappa shape index (κ1) is 17.0. The summed E-state index contributed by atoms with van der Waals surface area (Å²) >= 11 is 3.34. The first-order chi connectivity index (χ1) is 11.1. The lowest BCUT2D eigenvalue weighted by molar-refractivity contribution is -0.142. The normalized spacial score (nSPS) is 11.4. The molecule has 1 atom stereocenters. The number of carbonyl (C=O) groups is 2. The third-order valence-corrected chi connectivity index (χ3v) is 3.65. The van der Waals surface area contributed by atoms with E-state index >= 15 is 0 Å². The van der Waals surface area contributed by atoms with Crippen LogP contribution in [-0.2, 0) is 16.0 Å². The van der Waals surface area contributed by atoms with Gasteiger partial charge in [0.05, 0.1) is 7.11 Å². The van der Waals surface area contributed by atoms with Gasteiger partial charge in [-0.25, -0.2) is 9.59 Å². The highest BCUT2D eigenvalue weighted by Gasteiger charge is 2.21. The molecular formula is C17H17BrN2O3. The molecule has 2 aromatic rings. The Morgan fingerprint density at radius 1 is 1.13 bits per heavy atom. The molecule has 2 rings (SSSR count). The number of rotatable bonds is 5. The monoisotopic (exact) mass is 376 g/mol. The highest BCUT2D eigenvalue weighted by atomic mass is 79.9. The number of nitrogens with one attached hydrogen (secondary N) is 2. The van der Waals surface area contributed by atoms with Gasteiger partial charge in [0.2, 0.25) is 0 Å². The van der Waals surface area contributed by atoms with Crippen molar-refractivity contribution in [3.05, 3.63) is 64.6 Å². The fourth-order valence-electron chi connectivity index (χ4n) is 2.08. The van der Waals surface area contributed by atoms with E-state index in [4.69, 9.17) is 4.74 Å². The zero-order valence-corrected chi connectivity index (χ0v) is 14.2. The number of methoxy groups -OCH3 is 1. The Kier molecular flexibility index (Phi) is 6.17. The summed E-state index contributed by atoms with van der Waals surface area (Å²) < 4.78 is 5.62. The van der Waals surface area contributed by atoms with E-state index in [1.54, 1.807) is 18.2 Å². The number of carbonyl (C=O) groups excluding carboxylic acids is 2. The molecule has 0 heterocycles. The molecule has 120 valence electrons. The molecule has 0 aromatic heterocycles. The Morgan fingerprint density at radius 2 is 1.87 bits per heavy atom. The van der Waals surface area contributed by atoms with E-state index in [1.807, 2.05) is 36.4 Å². The number of benzene rings is 2. The lowest BCUT2D eigenvalue weighted by atomic mass is 10.1. The number of halogens is 1. The summed E-state index contributed by atoms with van der Waals surface area (Å²) in [5.74, 6) is -0.488. The van der Waals surface area contributed by atoms with E-state index in [-0.39, 0.29) is 0 Å². The van der Waals surface area contributed by atoms with Gasteiger partial charge in [-0.1, -0.05) is 52.3 Å². The standard InChI is InChI=1S/C17H17BrN2O3/c1-23-16(21)15(10-12-6-3-2-4-7-12)20-17(22)19-14-9-5-8-13(18)11-14/h2-9,11,15H,10H2,1H3,(H2,19,20,22). The lowest BCUT2D eigenvalue weighted by Crippen LogP contribution is -2.45. The van der Waals surface area contributed by atoms with Gasteiger partial charge < -0.3 is 15.4 Å². The van der Waals surface area contributed by atoms with Gasteiger partial charge in [0.15, 0.2) is 0 Å². The Hall–Kier alpha value is -2.34. The summed E-state index contributed by atoms with van der Waals surface area (Å²) in [7, 11) is 1.30. The molecule has 0 spiro atoms. The number of ether oxygens (including phenoxy) is 1. The summed E-state index contributed by atoms with van der Waals surface area (Å²) in [5.41, 5.74) is 1.56. The Labute approximate surface area is 143 Å². The minimum Gasteiger partial charge on any atom is -0.467 e. The van der Waals surface area contributed by atoms with Crippen LogP contribution in [-0.4, -0.2) is 25.2 Å². The maximum absolute atomic E-state index is 12.1. The summed E-state index contributed by atoms with van der Waals surface area (Å²) in [6.07, 6.45) is 0.361. The summed E-state index contributed by atoms with van der Waals surface area (Å²) in [6.45, 7) is 0. The van der Waals surface area contributed by atoms with E-state index < -0.39 is 18.0 Å². The van der Waals surface area contributed by atoms with Gasteiger partial charge in [-0.05, 0) is 23.8 Å². The van der Waals surface area contributed by atoms with Gasteiger partial charge in [-0.15, -0.1) is 0 Å². The molecule has 5 nitrogen and oxygen atoms in total. The quantitative estimate of drug-likeness (QED) is 0.786. The largest absolute Gasteiger partial charge is 0.467 e. The Bertz CT molecular complexity index is 677. The van der Waals surface area contributed by atoms with Crippen molar-refractivity contribution < 1.29 is 14.3 Å². The van der Waals surface area contributed by atoms with Crippen molar-refractivity contribution in [2.45, 2.75) is 12.5 Å².